The Morgan fingerprint density at radius 2 is 2.00 bits per heavy atom. The maximum atomic E-state index is 14.2. The topological polar surface area (TPSA) is 87.7 Å². The molecule has 1 atom stereocenters. The minimum Gasteiger partial charge on any atom is -0.420 e. The molecule has 0 bridgehead atoms. The lowest BCUT2D eigenvalue weighted by molar-refractivity contribution is 0.379. The van der Waals surface area contributed by atoms with E-state index in [1.54, 1.807) is 12.1 Å². The number of nitriles is 1. The summed E-state index contributed by atoms with van der Waals surface area (Å²) in [4.78, 5) is 0. The summed E-state index contributed by atoms with van der Waals surface area (Å²) >= 11 is 3.15. The fourth-order valence-electron chi connectivity index (χ4n) is 3.10. The molecule has 4 rings (SSSR count). The Labute approximate surface area is 157 Å². The van der Waals surface area contributed by atoms with Gasteiger partial charge in [-0.15, -0.1) is 5.10 Å². The van der Waals surface area contributed by atoms with E-state index in [2.05, 4.69) is 32.2 Å². The maximum Gasteiger partial charge on any atom is 0.244 e. The fraction of sp³-hybridized carbons (Fsp3) is 0.0526. The molecule has 2 aromatic carbocycles. The van der Waals surface area contributed by atoms with E-state index in [0.717, 1.165) is 5.56 Å². The number of allylic oxidation sites excluding steroid dienone is 1. The van der Waals surface area contributed by atoms with Gasteiger partial charge >= 0.3 is 0 Å². The molecule has 0 spiro atoms. The molecule has 0 radical (unpaired) electrons. The van der Waals surface area contributed by atoms with Crippen molar-refractivity contribution in [3.8, 4) is 23.2 Å². The molecular weight excluding hydrogens is 399 g/mol. The Balaban J connectivity index is 1.97. The molecule has 128 valence electrons. The number of ether oxygens (including phenoxy) is 1. The van der Waals surface area contributed by atoms with Crippen LogP contribution in [-0.2, 0) is 0 Å². The third-order valence-corrected chi connectivity index (χ3v) is 4.92. The molecule has 0 amide bonds. The third kappa shape index (κ3) is 2.55. The molecule has 3 aromatic rings. The Morgan fingerprint density at radius 1 is 1.23 bits per heavy atom. The van der Waals surface area contributed by atoms with Crippen LogP contribution >= 0.6 is 15.9 Å². The SMILES string of the molecule is N#CC1=C(N)Oc2n[nH]c(-c3ccccc3)c2C1c1ccc(Br)c(F)c1. The Morgan fingerprint density at radius 3 is 2.69 bits per heavy atom. The highest BCUT2D eigenvalue weighted by molar-refractivity contribution is 9.10. The van der Waals surface area contributed by atoms with Crippen LogP contribution in [0.5, 0.6) is 5.88 Å². The summed E-state index contributed by atoms with van der Waals surface area (Å²) in [7, 11) is 0. The van der Waals surface area contributed by atoms with Crippen molar-refractivity contribution in [1.29, 1.82) is 5.26 Å². The molecule has 0 saturated carbocycles. The minimum atomic E-state index is -0.583. The molecule has 0 saturated heterocycles. The van der Waals surface area contributed by atoms with Gasteiger partial charge in [0.25, 0.3) is 0 Å². The Kier molecular flexibility index (Phi) is 3.98. The summed E-state index contributed by atoms with van der Waals surface area (Å²) in [5, 5.41) is 16.8. The van der Waals surface area contributed by atoms with Gasteiger partial charge in [0.1, 0.15) is 17.5 Å². The van der Waals surface area contributed by atoms with Crippen molar-refractivity contribution in [1.82, 2.24) is 10.2 Å². The number of nitrogens with zero attached hydrogens (tertiary/aromatic N) is 2. The standard InChI is InChI=1S/C19H12BrFN4O/c20-13-7-6-11(8-14(13)21)15-12(9-22)18(23)26-19-16(15)17(24-25-19)10-4-2-1-3-5-10/h1-8,15H,23H2,(H,24,25). The fourth-order valence-corrected chi connectivity index (χ4v) is 3.34. The maximum absolute atomic E-state index is 14.2. The number of hydrogen-bond donors (Lipinski definition) is 2. The molecule has 0 fully saturated rings. The average Bonchev–Trinajstić information content (AvgIpc) is 3.07. The first-order chi connectivity index (χ1) is 12.6. The zero-order valence-electron chi connectivity index (χ0n) is 13.3. The molecule has 26 heavy (non-hydrogen) atoms. The highest BCUT2D eigenvalue weighted by Gasteiger charge is 2.35. The van der Waals surface area contributed by atoms with Gasteiger partial charge in [0, 0.05) is 0 Å². The lowest BCUT2D eigenvalue weighted by atomic mass is 9.83. The second-order valence-corrected chi connectivity index (χ2v) is 6.64. The molecule has 1 aliphatic rings. The van der Waals surface area contributed by atoms with Crippen LogP contribution in [-0.4, -0.2) is 10.2 Å². The molecule has 7 heteroatoms. The Hall–Kier alpha value is -3.11. The quantitative estimate of drug-likeness (QED) is 0.662. The summed E-state index contributed by atoms with van der Waals surface area (Å²) < 4.78 is 20.0. The molecule has 0 aliphatic carbocycles. The van der Waals surface area contributed by atoms with Gasteiger partial charge in [0.05, 0.1) is 21.6 Å². The minimum absolute atomic E-state index is 0.0283. The number of aromatic amines is 1. The van der Waals surface area contributed by atoms with E-state index < -0.39 is 11.7 Å². The number of nitrogens with two attached hydrogens (primary N) is 1. The van der Waals surface area contributed by atoms with Crippen molar-refractivity contribution in [2.75, 3.05) is 0 Å². The zero-order chi connectivity index (χ0) is 18.3. The number of nitrogens with one attached hydrogen (secondary N) is 1. The zero-order valence-corrected chi connectivity index (χ0v) is 14.9. The molecule has 1 unspecified atom stereocenters. The summed E-state index contributed by atoms with van der Waals surface area (Å²) in [5.41, 5.74) is 8.98. The van der Waals surface area contributed by atoms with Crippen LogP contribution < -0.4 is 10.5 Å². The van der Waals surface area contributed by atoms with Crippen LogP contribution in [0.15, 0.2) is 64.5 Å². The van der Waals surface area contributed by atoms with Crippen LogP contribution in [0, 0.1) is 17.1 Å². The lowest BCUT2D eigenvalue weighted by Gasteiger charge is -2.24. The van der Waals surface area contributed by atoms with Crippen molar-refractivity contribution in [2.24, 2.45) is 5.73 Å². The van der Waals surface area contributed by atoms with Gasteiger partial charge in [0.15, 0.2) is 0 Å². The lowest BCUT2D eigenvalue weighted by Crippen LogP contribution is -2.21. The number of benzene rings is 2. The van der Waals surface area contributed by atoms with Crippen molar-refractivity contribution in [3.05, 3.63) is 81.4 Å². The number of H-pyrrole nitrogens is 1. The van der Waals surface area contributed by atoms with Crippen molar-refractivity contribution < 1.29 is 9.13 Å². The monoisotopic (exact) mass is 410 g/mol. The first-order valence-corrected chi connectivity index (χ1v) is 8.55. The highest BCUT2D eigenvalue weighted by atomic mass is 79.9. The predicted octanol–water partition coefficient (Wildman–Crippen LogP) is 4.20. The number of hydrogen-bond acceptors (Lipinski definition) is 4. The van der Waals surface area contributed by atoms with Gasteiger partial charge < -0.3 is 10.5 Å². The molecule has 2 heterocycles. The second-order valence-electron chi connectivity index (χ2n) is 5.78. The molecular formula is C19H12BrFN4O. The van der Waals surface area contributed by atoms with E-state index in [4.69, 9.17) is 10.5 Å². The van der Waals surface area contributed by atoms with Gasteiger partial charge in [0.2, 0.25) is 11.8 Å². The van der Waals surface area contributed by atoms with E-state index in [1.165, 1.54) is 6.07 Å². The van der Waals surface area contributed by atoms with Crippen molar-refractivity contribution >= 4 is 15.9 Å². The van der Waals surface area contributed by atoms with E-state index in [-0.39, 0.29) is 17.3 Å². The summed E-state index contributed by atoms with van der Waals surface area (Å²) in [6.45, 7) is 0. The number of aromatic nitrogens is 2. The molecule has 3 N–H and O–H groups in total. The van der Waals surface area contributed by atoms with Crippen molar-refractivity contribution in [3.63, 3.8) is 0 Å². The number of fused-ring (bicyclic) bond motifs is 1. The smallest absolute Gasteiger partial charge is 0.244 e. The van der Waals surface area contributed by atoms with Gasteiger partial charge in [-0.1, -0.05) is 36.4 Å². The first-order valence-electron chi connectivity index (χ1n) is 7.76. The van der Waals surface area contributed by atoms with E-state index in [1.807, 2.05) is 30.3 Å². The van der Waals surface area contributed by atoms with E-state index in [9.17, 15) is 9.65 Å². The largest absolute Gasteiger partial charge is 0.420 e. The van der Waals surface area contributed by atoms with Crippen LogP contribution in [0.2, 0.25) is 0 Å². The first kappa shape index (κ1) is 16.4. The van der Waals surface area contributed by atoms with E-state index in [0.29, 0.717) is 21.3 Å². The second kappa shape index (κ2) is 6.32. The normalized spacial score (nSPS) is 16.0. The molecule has 5 nitrogen and oxygen atoms in total. The van der Waals surface area contributed by atoms with Crippen molar-refractivity contribution in [2.45, 2.75) is 5.92 Å². The predicted molar refractivity (Wildman–Crippen MR) is 97.4 cm³/mol. The summed E-state index contributed by atoms with van der Waals surface area (Å²) in [5.74, 6) is -0.746. The number of rotatable bonds is 2. The van der Waals surface area contributed by atoms with Gasteiger partial charge in [-0.2, -0.15) is 5.26 Å². The van der Waals surface area contributed by atoms with E-state index >= 15 is 0 Å². The van der Waals surface area contributed by atoms with Crippen LogP contribution in [0.25, 0.3) is 11.3 Å². The van der Waals surface area contributed by atoms with Gasteiger partial charge in [-0.25, -0.2) is 4.39 Å². The van der Waals surface area contributed by atoms with Gasteiger partial charge in [-0.05, 0) is 39.2 Å². The van der Waals surface area contributed by atoms with Crippen LogP contribution in [0.4, 0.5) is 4.39 Å². The third-order valence-electron chi connectivity index (χ3n) is 4.28. The summed E-state index contributed by atoms with van der Waals surface area (Å²) in [6, 6.07) is 16.4. The summed E-state index contributed by atoms with van der Waals surface area (Å²) in [6.07, 6.45) is 0. The van der Waals surface area contributed by atoms with Crippen LogP contribution in [0.1, 0.15) is 17.0 Å². The van der Waals surface area contributed by atoms with Crippen LogP contribution in [0.3, 0.4) is 0 Å². The Bertz CT molecular complexity index is 1070. The molecule has 1 aliphatic heterocycles. The highest BCUT2D eigenvalue weighted by Crippen LogP contribution is 2.45. The molecule has 1 aromatic heterocycles. The van der Waals surface area contributed by atoms with Gasteiger partial charge in [-0.3, -0.25) is 5.10 Å². The number of halogens is 2. The average molecular weight is 411 g/mol.